The molecule has 2 aromatic carbocycles. The molecule has 6 heteroatoms. The number of nitrogens with zero attached hydrogens (tertiary/aromatic N) is 1. The predicted molar refractivity (Wildman–Crippen MR) is 88.9 cm³/mol. The van der Waals surface area contributed by atoms with Crippen molar-refractivity contribution in [2.75, 3.05) is 10.6 Å². The highest BCUT2D eigenvalue weighted by Gasteiger charge is 2.04. The van der Waals surface area contributed by atoms with Gasteiger partial charge in [0.1, 0.15) is 11.5 Å². The summed E-state index contributed by atoms with van der Waals surface area (Å²) in [7, 11) is 0. The summed E-state index contributed by atoms with van der Waals surface area (Å²) in [6.07, 6.45) is 3.12. The van der Waals surface area contributed by atoms with E-state index in [1.165, 1.54) is 11.8 Å². The minimum atomic E-state index is -0.335. The molecule has 0 bridgehead atoms. The van der Waals surface area contributed by atoms with E-state index < -0.39 is 0 Å². The van der Waals surface area contributed by atoms with Crippen LogP contribution in [0.3, 0.4) is 0 Å². The van der Waals surface area contributed by atoms with Gasteiger partial charge in [0.2, 0.25) is 0 Å². The molecule has 0 aliphatic heterocycles. The highest BCUT2D eigenvalue weighted by Crippen LogP contribution is 2.23. The van der Waals surface area contributed by atoms with Crippen LogP contribution in [0, 0.1) is 6.92 Å². The van der Waals surface area contributed by atoms with E-state index in [4.69, 9.17) is 4.74 Å². The molecule has 3 rings (SSSR count). The summed E-state index contributed by atoms with van der Waals surface area (Å²) in [4.78, 5) is 11.8. The third kappa shape index (κ3) is 4.10. The number of hydrogen-bond donors (Lipinski definition) is 3. The van der Waals surface area contributed by atoms with Gasteiger partial charge in [-0.05, 0) is 43.3 Å². The van der Waals surface area contributed by atoms with Gasteiger partial charge in [-0.2, -0.15) is 5.10 Å². The lowest BCUT2D eigenvalue weighted by Crippen LogP contribution is -2.18. The zero-order valence-electron chi connectivity index (χ0n) is 12.5. The summed E-state index contributed by atoms with van der Waals surface area (Å²) in [5, 5.41) is 11.8. The second kappa shape index (κ2) is 6.65. The number of aromatic nitrogens is 2. The lowest BCUT2D eigenvalue weighted by Gasteiger charge is -2.08. The van der Waals surface area contributed by atoms with Crippen molar-refractivity contribution < 1.29 is 9.53 Å². The Morgan fingerprint density at radius 1 is 0.957 bits per heavy atom. The zero-order valence-corrected chi connectivity index (χ0v) is 12.5. The number of benzene rings is 2. The SMILES string of the molecule is Cc1ccc(Oc2ccc(NC(=O)Nc3cn[nH]c3)cc2)cc1. The van der Waals surface area contributed by atoms with Crippen molar-refractivity contribution in [3.8, 4) is 11.5 Å². The number of rotatable bonds is 4. The third-order valence-corrected chi connectivity index (χ3v) is 3.12. The Morgan fingerprint density at radius 2 is 1.57 bits per heavy atom. The first-order chi connectivity index (χ1) is 11.2. The number of ether oxygens (including phenoxy) is 1. The van der Waals surface area contributed by atoms with Crippen LogP contribution >= 0.6 is 0 Å². The first-order valence-electron chi connectivity index (χ1n) is 7.10. The Hall–Kier alpha value is -3.28. The van der Waals surface area contributed by atoms with E-state index in [1.54, 1.807) is 30.5 Å². The van der Waals surface area contributed by atoms with Gasteiger partial charge in [-0.15, -0.1) is 0 Å². The Morgan fingerprint density at radius 3 is 2.17 bits per heavy atom. The molecule has 6 nitrogen and oxygen atoms in total. The minimum absolute atomic E-state index is 0.335. The molecule has 0 atom stereocenters. The number of aromatic amines is 1. The number of urea groups is 1. The summed E-state index contributed by atoms with van der Waals surface area (Å²) < 4.78 is 5.74. The van der Waals surface area contributed by atoms with Crippen molar-refractivity contribution >= 4 is 17.4 Å². The monoisotopic (exact) mass is 308 g/mol. The van der Waals surface area contributed by atoms with Crippen LogP contribution in [0.2, 0.25) is 0 Å². The smallest absolute Gasteiger partial charge is 0.323 e. The number of amides is 2. The summed E-state index contributed by atoms with van der Waals surface area (Å²) in [5.41, 5.74) is 2.45. The van der Waals surface area contributed by atoms with Gasteiger partial charge in [0.05, 0.1) is 11.9 Å². The molecular formula is C17H16N4O2. The largest absolute Gasteiger partial charge is 0.457 e. The van der Waals surface area contributed by atoms with Gasteiger partial charge in [0, 0.05) is 11.9 Å². The van der Waals surface area contributed by atoms with E-state index in [2.05, 4.69) is 20.8 Å². The second-order valence-electron chi connectivity index (χ2n) is 5.01. The maximum atomic E-state index is 11.8. The van der Waals surface area contributed by atoms with Crippen LogP contribution in [0.4, 0.5) is 16.2 Å². The van der Waals surface area contributed by atoms with Gasteiger partial charge in [0.15, 0.2) is 0 Å². The fourth-order valence-corrected chi connectivity index (χ4v) is 1.96. The number of carbonyl (C=O) groups is 1. The van der Waals surface area contributed by atoms with Gasteiger partial charge >= 0.3 is 6.03 Å². The second-order valence-corrected chi connectivity index (χ2v) is 5.01. The molecule has 0 fully saturated rings. The van der Waals surface area contributed by atoms with Crippen molar-refractivity contribution in [1.29, 1.82) is 0 Å². The molecule has 0 saturated heterocycles. The number of hydrogen-bond acceptors (Lipinski definition) is 3. The molecule has 0 radical (unpaired) electrons. The first-order valence-corrected chi connectivity index (χ1v) is 7.10. The van der Waals surface area contributed by atoms with Gasteiger partial charge in [-0.1, -0.05) is 17.7 Å². The minimum Gasteiger partial charge on any atom is -0.457 e. The van der Waals surface area contributed by atoms with Crippen LogP contribution in [0.1, 0.15) is 5.56 Å². The van der Waals surface area contributed by atoms with Crippen LogP contribution in [-0.4, -0.2) is 16.2 Å². The number of carbonyl (C=O) groups excluding carboxylic acids is 1. The van der Waals surface area contributed by atoms with E-state index in [1.807, 2.05) is 31.2 Å². The molecule has 1 aromatic heterocycles. The van der Waals surface area contributed by atoms with Gasteiger partial charge in [-0.3, -0.25) is 5.10 Å². The van der Waals surface area contributed by atoms with Crippen molar-refractivity contribution in [2.24, 2.45) is 0 Å². The standard InChI is InChI=1S/C17H16N4O2/c1-12-2-6-15(7-3-12)23-16-8-4-13(5-9-16)20-17(22)21-14-10-18-19-11-14/h2-11H,1H3,(H,18,19)(H2,20,21,22). The topological polar surface area (TPSA) is 79.0 Å². The third-order valence-electron chi connectivity index (χ3n) is 3.12. The number of H-pyrrole nitrogens is 1. The molecule has 1 heterocycles. The molecule has 0 saturated carbocycles. The molecule has 0 aliphatic rings. The van der Waals surface area contributed by atoms with E-state index in [9.17, 15) is 4.79 Å². The predicted octanol–water partition coefficient (Wildman–Crippen LogP) is 4.15. The van der Waals surface area contributed by atoms with Crippen LogP contribution in [-0.2, 0) is 0 Å². The lowest BCUT2D eigenvalue weighted by molar-refractivity contribution is 0.262. The summed E-state index contributed by atoms with van der Waals surface area (Å²) in [5.74, 6) is 1.48. The van der Waals surface area contributed by atoms with E-state index in [-0.39, 0.29) is 6.03 Å². The zero-order chi connectivity index (χ0) is 16.1. The summed E-state index contributed by atoms with van der Waals surface area (Å²) in [6.45, 7) is 2.03. The highest BCUT2D eigenvalue weighted by molar-refractivity contribution is 5.99. The average molecular weight is 308 g/mol. The molecule has 23 heavy (non-hydrogen) atoms. The lowest BCUT2D eigenvalue weighted by atomic mass is 10.2. The Bertz CT molecular complexity index is 765. The average Bonchev–Trinajstić information content (AvgIpc) is 3.04. The van der Waals surface area contributed by atoms with Crippen molar-refractivity contribution in [3.63, 3.8) is 0 Å². The van der Waals surface area contributed by atoms with Crippen LogP contribution in [0.15, 0.2) is 60.9 Å². The fourth-order valence-electron chi connectivity index (χ4n) is 1.96. The summed E-state index contributed by atoms with van der Waals surface area (Å²) >= 11 is 0. The van der Waals surface area contributed by atoms with Crippen LogP contribution in [0.5, 0.6) is 11.5 Å². The summed E-state index contributed by atoms with van der Waals surface area (Å²) in [6, 6.07) is 14.6. The van der Waals surface area contributed by atoms with E-state index >= 15 is 0 Å². The Balaban J connectivity index is 1.58. The quantitative estimate of drug-likeness (QED) is 0.677. The molecule has 116 valence electrons. The van der Waals surface area contributed by atoms with Gasteiger partial charge < -0.3 is 15.4 Å². The normalized spacial score (nSPS) is 10.1. The van der Waals surface area contributed by atoms with E-state index in [0.29, 0.717) is 17.1 Å². The molecule has 0 unspecified atom stereocenters. The molecule has 0 aliphatic carbocycles. The van der Waals surface area contributed by atoms with E-state index in [0.717, 1.165) is 5.75 Å². The fraction of sp³-hybridized carbons (Fsp3) is 0.0588. The molecule has 0 spiro atoms. The highest BCUT2D eigenvalue weighted by atomic mass is 16.5. The molecule has 3 N–H and O–H groups in total. The maximum absolute atomic E-state index is 11.8. The molecule has 3 aromatic rings. The Kier molecular flexibility index (Phi) is 4.24. The Labute approximate surface area is 133 Å². The number of aryl methyl sites for hydroxylation is 1. The van der Waals surface area contributed by atoms with Gasteiger partial charge in [0.25, 0.3) is 0 Å². The maximum Gasteiger partial charge on any atom is 0.323 e. The molecular weight excluding hydrogens is 292 g/mol. The first kappa shape index (κ1) is 14.6. The van der Waals surface area contributed by atoms with Crippen LogP contribution in [0.25, 0.3) is 0 Å². The van der Waals surface area contributed by atoms with Crippen LogP contribution < -0.4 is 15.4 Å². The molecule has 2 amide bonds. The van der Waals surface area contributed by atoms with Crippen molar-refractivity contribution in [1.82, 2.24) is 10.2 Å². The van der Waals surface area contributed by atoms with Gasteiger partial charge in [-0.25, -0.2) is 4.79 Å². The van der Waals surface area contributed by atoms with Crippen molar-refractivity contribution in [2.45, 2.75) is 6.92 Å². The number of anilines is 2. The number of nitrogens with one attached hydrogen (secondary N) is 3. The van der Waals surface area contributed by atoms with Crippen molar-refractivity contribution in [3.05, 3.63) is 66.5 Å².